The molecule has 1 aromatic rings. The topological polar surface area (TPSA) is 58.2 Å². The van der Waals surface area contributed by atoms with E-state index < -0.39 is 0 Å². The zero-order valence-corrected chi connectivity index (χ0v) is 18.6. The highest BCUT2D eigenvalue weighted by molar-refractivity contribution is 7.99. The van der Waals surface area contributed by atoms with Gasteiger partial charge in [0.15, 0.2) is 0 Å². The van der Waals surface area contributed by atoms with Crippen LogP contribution >= 0.6 is 11.8 Å². The number of hydrogen-bond acceptors (Lipinski definition) is 3. The van der Waals surface area contributed by atoms with Gasteiger partial charge < -0.3 is 10.6 Å². The predicted molar refractivity (Wildman–Crippen MR) is 121 cm³/mol. The van der Waals surface area contributed by atoms with Crippen molar-refractivity contribution in [1.29, 1.82) is 0 Å². The molecule has 5 heteroatoms. The van der Waals surface area contributed by atoms with Crippen LogP contribution in [0.3, 0.4) is 0 Å². The maximum atomic E-state index is 12.3. The summed E-state index contributed by atoms with van der Waals surface area (Å²) in [5.74, 6) is 2.31. The van der Waals surface area contributed by atoms with E-state index in [4.69, 9.17) is 0 Å². The van der Waals surface area contributed by atoms with Gasteiger partial charge in [0, 0.05) is 31.0 Å². The Morgan fingerprint density at radius 2 is 1.64 bits per heavy atom. The summed E-state index contributed by atoms with van der Waals surface area (Å²) in [7, 11) is 0. The van der Waals surface area contributed by atoms with E-state index in [-0.39, 0.29) is 17.7 Å². The third-order valence-electron chi connectivity index (χ3n) is 4.34. The van der Waals surface area contributed by atoms with Crippen molar-refractivity contribution in [2.24, 2.45) is 5.92 Å². The molecule has 2 amide bonds. The number of nitrogens with one attached hydrogen (secondary N) is 2. The number of amides is 2. The number of rotatable bonds is 13. The average molecular weight is 405 g/mol. The zero-order chi connectivity index (χ0) is 20.8. The van der Waals surface area contributed by atoms with E-state index in [0.29, 0.717) is 25.4 Å². The van der Waals surface area contributed by atoms with Gasteiger partial charge in [-0.3, -0.25) is 9.59 Å². The number of carbonyl (C=O) groups is 2. The van der Waals surface area contributed by atoms with E-state index in [2.05, 4.69) is 48.7 Å². The minimum atomic E-state index is -0.145. The van der Waals surface area contributed by atoms with E-state index in [0.717, 1.165) is 29.9 Å². The van der Waals surface area contributed by atoms with Gasteiger partial charge in [-0.1, -0.05) is 57.2 Å². The first kappa shape index (κ1) is 24.3. The van der Waals surface area contributed by atoms with Crippen LogP contribution in [0.15, 0.2) is 36.4 Å². The van der Waals surface area contributed by atoms with E-state index in [1.807, 2.05) is 26.0 Å². The normalized spacial score (nSPS) is 12.3. The van der Waals surface area contributed by atoms with E-state index in [9.17, 15) is 9.59 Å². The molecule has 2 N–H and O–H groups in total. The summed E-state index contributed by atoms with van der Waals surface area (Å²) >= 11 is 1.73. The van der Waals surface area contributed by atoms with Crippen LogP contribution < -0.4 is 10.6 Å². The molecule has 0 radical (unpaired) electrons. The molecule has 0 aliphatic heterocycles. The molecule has 156 valence electrons. The highest BCUT2D eigenvalue weighted by atomic mass is 32.2. The molecule has 0 aliphatic rings. The Morgan fingerprint density at radius 1 is 1.00 bits per heavy atom. The number of hydrogen-bond donors (Lipinski definition) is 2. The van der Waals surface area contributed by atoms with Gasteiger partial charge >= 0.3 is 0 Å². The van der Waals surface area contributed by atoms with Gasteiger partial charge in [0.1, 0.15) is 0 Å². The molecule has 0 bridgehead atoms. The van der Waals surface area contributed by atoms with Crippen LogP contribution in [0.5, 0.6) is 0 Å². The number of allylic oxidation sites excluding steroid dienone is 1. The Kier molecular flexibility index (Phi) is 12.4. The van der Waals surface area contributed by atoms with Crippen molar-refractivity contribution in [1.82, 2.24) is 10.6 Å². The molecule has 4 nitrogen and oxygen atoms in total. The third kappa shape index (κ3) is 10.5. The average Bonchev–Trinajstić information content (AvgIpc) is 2.67. The molecule has 1 rings (SSSR count). The lowest BCUT2D eigenvalue weighted by Crippen LogP contribution is -2.30. The van der Waals surface area contributed by atoms with Crippen LogP contribution in [0, 0.1) is 5.92 Å². The molecule has 0 fully saturated rings. The first-order chi connectivity index (χ1) is 13.4. The lowest BCUT2D eigenvalue weighted by atomic mass is 9.96. The second-order valence-electron chi connectivity index (χ2n) is 7.40. The summed E-state index contributed by atoms with van der Waals surface area (Å²) in [5.41, 5.74) is 2.37. The SMILES string of the molecule is CC/C=C\CC(=O)NCCSCCNC(=O)C(C)c1ccc(CC(C)C)cc1. The van der Waals surface area contributed by atoms with Crippen molar-refractivity contribution in [3.8, 4) is 0 Å². The number of carbonyl (C=O) groups excluding carboxylic acids is 2. The maximum absolute atomic E-state index is 12.3. The molecule has 0 spiro atoms. The highest BCUT2D eigenvalue weighted by Crippen LogP contribution is 2.17. The molecule has 0 saturated heterocycles. The largest absolute Gasteiger partial charge is 0.355 e. The van der Waals surface area contributed by atoms with Crippen LogP contribution in [-0.2, 0) is 16.0 Å². The summed E-state index contributed by atoms with van der Waals surface area (Å²) in [6.45, 7) is 9.72. The fourth-order valence-corrected chi connectivity index (χ4v) is 3.46. The quantitative estimate of drug-likeness (QED) is 0.380. The predicted octanol–water partition coefficient (Wildman–Crippen LogP) is 4.31. The van der Waals surface area contributed by atoms with Crippen LogP contribution in [0.4, 0.5) is 0 Å². The van der Waals surface area contributed by atoms with Gasteiger partial charge in [-0.05, 0) is 36.8 Å². The third-order valence-corrected chi connectivity index (χ3v) is 5.32. The second-order valence-corrected chi connectivity index (χ2v) is 8.62. The van der Waals surface area contributed by atoms with Gasteiger partial charge in [-0.25, -0.2) is 0 Å². The molecular formula is C23H36N2O2S. The molecule has 1 atom stereocenters. The minimum Gasteiger partial charge on any atom is -0.355 e. The molecule has 0 aromatic heterocycles. The molecule has 0 saturated carbocycles. The number of benzene rings is 1. The summed E-state index contributed by atoms with van der Waals surface area (Å²) in [5, 5.41) is 5.90. The summed E-state index contributed by atoms with van der Waals surface area (Å²) in [6, 6.07) is 8.38. The molecule has 28 heavy (non-hydrogen) atoms. The minimum absolute atomic E-state index is 0.0619. The van der Waals surface area contributed by atoms with Gasteiger partial charge in [0.05, 0.1) is 5.92 Å². The second kappa shape index (κ2) is 14.3. The Morgan fingerprint density at radius 3 is 2.25 bits per heavy atom. The van der Waals surface area contributed by atoms with Crippen molar-refractivity contribution < 1.29 is 9.59 Å². The molecule has 1 unspecified atom stereocenters. The van der Waals surface area contributed by atoms with Gasteiger partial charge in [0.25, 0.3) is 0 Å². The van der Waals surface area contributed by atoms with Crippen LogP contribution in [0.25, 0.3) is 0 Å². The molecule has 0 heterocycles. The van der Waals surface area contributed by atoms with Crippen molar-refractivity contribution >= 4 is 23.6 Å². The van der Waals surface area contributed by atoms with Crippen molar-refractivity contribution in [2.75, 3.05) is 24.6 Å². The van der Waals surface area contributed by atoms with E-state index in [1.54, 1.807) is 11.8 Å². The van der Waals surface area contributed by atoms with Crippen molar-refractivity contribution in [3.05, 3.63) is 47.5 Å². The van der Waals surface area contributed by atoms with Crippen LogP contribution in [0.2, 0.25) is 0 Å². The lowest BCUT2D eigenvalue weighted by Gasteiger charge is -2.13. The molecular weight excluding hydrogens is 368 g/mol. The Labute approximate surface area is 174 Å². The first-order valence-corrected chi connectivity index (χ1v) is 11.5. The smallest absolute Gasteiger partial charge is 0.227 e. The van der Waals surface area contributed by atoms with E-state index >= 15 is 0 Å². The van der Waals surface area contributed by atoms with Gasteiger partial charge in [-0.15, -0.1) is 0 Å². The Balaban J connectivity index is 2.17. The molecule has 0 aliphatic carbocycles. The standard InChI is InChI=1S/C23H36N2O2S/c1-5-6-7-8-22(26)24-13-15-28-16-14-25-23(27)19(4)21-11-9-20(10-12-21)17-18(2)3/h6-7,9-12,18-19H,5,8,13-17H2,1-4H3,(H,24,26)(H,25,27)/b7-6-. The Hall–Kier alpha value is -1.75. The van der Waals surface area contributed by atoms with Gasteiger partial charge in [-0.2, -0.15) is 11.8 Å². The van der Waals surface area contributed by atoms with Crippen molar-refractivity contribution in [2.45, 2.75) is 52.9 Å². The van der Waals surface area contributed by atoms with E-state index in [1.165, 1.54) is 5.56 Å². The van der Waals surface area contributed by atoms with Crippen LogP contribution in [0.1, 0.15) is 57.6 Å². The first-order valence-electron chi connectivity index (χ1n) is 10.3. The zero-order valence-electron chi connectivity index (χ0n) is 17.8. The number of thioether (sulfide) groups is 1. The van der Waals surface area contributed by atoms with Crippen LogP contribution in [-0.4, -0.2) is 36.4 Å². The summed E-state index contributed by atoms with van der Waals surface area (Å²) in [4.78, 5) is 23.9. The Bertz CT molecular complexity index is 612. The fraction of sp³-hybridized carbons (Fsp3) is 0.565. The maximum Gasteiger partial charge on any atom is 0.227 e. The fourth-order valence-electron chi connectivity index (χ4n) is 2.76. The molecule has 1 aromatic carbocycles. The van der Waals surface area contributed by atoms with Gasteiger partial charge in [0.2, 0.25) is 11.8 Å². The summed E-state index contributed by atoms with van der Waals surface area (Å²) in [6.07, 6.45) is 6.37. The summed E-state index contributed by atoms with van der Waals surface area (Å²) < 4.78 is 0. The highest BCUT2D eigenvalue weighted by Gasteiger charge is 2.14. The lowest BCUT2D eigenvalue weighted by molar-refractivity contribution is -0.122. The van der Waals surface area contributed by atoms with Crippen molar-refractivity contribution in [3.63, 3.8) is 0 Å². The monoisotopic (exact) mass is 404 g/mol.